The Morgan fingerprint density at radius 1 is 1.36 bits per heavy atom. The summed E-state index contributed by atoms with van der Waals surface area (Å²) >= 11 is 6.32. The molecule has 0 aliphatic rings. The lowest BCUT2D eigenvalue weighted by atomic mass is 10.2. The van der Waals surface area contributed by atoms with E-state index in [-0.39, 0.29) is 24.5 Å². The number of aryl methyl sites for hydroxylation is 1. The minimum absolute atomic E-state index is 0.114. The highest BCUT2D eigenvalue weighted by atomic mass is 35.5. The average Bonchev–Trinajstić information content (AvgIpc) is 2.64. The number of H-pyrrole nitrogens is 1. The lowest BCUT2D eigenvalue weighted by Crippen LogP contribution is -2.19. The second-order valence-electron chi connectivity index (χ2n) is 5.93. The first-order valence-electron chi connectivity index (χ1n) is 9.09. The van der Waals surface area contributed by atoms with Gasteiger partial charge in [0.05, 0.1) is 30.1 Å². The van der Waals surface area contributed by atoms with Gasteiger partial charge in [-0.2, -0.15) is 5.10 Å². The predicted molar refractivity (Wildman–Crippen MR) is 110 cm³/mol. The second-order valence-corrected chi connectivity index (χ2v) is 6.34. The zero-order valence-electron chi connectivity index (χ0n) is 16.2. The molecule has 9 heteroatoms. The van der Waals surface area contributed by atoms with Gasteiger partial charge in [-0.3, -0.25) is 9.78 Å². The van der Waals surface area contributed by atoms with Crippen LogP contribution in [0, 0.1) is 6.92 Å². The number of aromatic nitrogens is 2. The Hall–Kier alpha value is -2.58. The van der Waals surface area contributed by atoms with Crippen molar-refractivity contribution < 1.29 is 14.6 Å². The molecule has 3 N–H and O–H groups in total. The van der Waals surface area contributed by atoms with Gasteiger partial charge in [-0.05, 0) is 38.0 Å². The van der Waals surface area contributed by atoms with E-state index in [0.29, 0.717) is 46.6 Å². The van der Waals surface area contributed by atoms with E-state index in [1.807, 2.05) is 13.8 Å². The standard InChI is InChI=1S/C19H25ClN4O4/c1-4-8-28-17-15(20)9-13(10-16(17)27-5-2)11-21-24-19-22-12(3)14(6-7-25)18(26)23-19/h9-11,25H,4-8H2,1-3H3,(H2,22,23,24,26)/b21-11-. The van der Waals surface area contributed by atoms with Gasteiger partial charge in [0.2, 0.25) is 5.95 Å². The second kappa shape index (κ2) is 10.7. The summed E-state index contributed by atoms with van der Waals surface area (Å²) in [7, 11) is 0. The molecule has 8 nitrogen and oxygen atoms in total. The van der Waals surface area contributed by atoms with Gasteiger partial charge in [-0.15, -0.1) is 0 Å². The van der Waals surface area contributed by atoms with Crippen LogP contribution in [0.2, 0.25) is 5.02 Å². The molecule has 0 fully saturated rings. The number of hydrazone groups is 1. The molecule has 0 amide bonds. The Balaban J connectivity index is 2.19. The van der Waals surface area contributed by atoms with Crippen molar-refractivity contribution in [2.45, 2.75) is 33.6 Å². The molecule has 0 radical (unpaired) electrons. The third-order valence-electron chi connectivity index (χ3n) is 3.75. The van der Waals surface area contributed by atoms with Crippen LogP contribution in [0.3, 0.4) is 0 Å². The molecule has 28 heavy (non-hydrogen) atoms. The topological polar surface area (TPSA) is 109 Å². The maximum Gasteiger partial charge on any atom is 0.255 e. The summed E-state index contributed by atoms with van der Waals surface area (Å²) in [5.74, 6) is 1.26. The number of ether oxygens (including phenoxy) is 2. The van der Waals surface area contributed by atoms with Gasteiger partial charge in [0.1, 0.15) is 0 Å². The monoisotopic (exact) mass is 408 g/mol. The number of rotatable bonds is 10. The van der Waals surface area contributed by atoms with Gasteiger partial charge in [0.15, 0.2) is 11.5 Å². The molecule has 0 saturated carbocycles. The Kier molecular flexibility index (Phi) is 8.28. The third kappa shape index (κ3) is 5.71. The molecule has 2 rings (SSSR count). The fraction of sp³-hybridized carbons (Fsp3) is 0.421. The normalized spacial score (nSPS) is 11.0. The number of nitrogens with one attached hydrogen (secondary N) is 2. The van der Waals surface area contributed by atoms with Crippen molar-refractivity contribution in [2.24, 2.45) is 5.10 Å². The van der Waals surface area contributed by atoms with E-state index >= 15 is 0 Å². The molecular weight excluding hydrogens is 384 g/mol. The number of nitrogens with zero attached hydrogens (tertiary/aromatic N) is 2. The molecule has 0 atom stereocenters. The van der Waals surface area contributed by atoms with Crippen LogP contribution >= 0.6 is 11.6 Å². The van der Waals surface area contributed by atoms with Crippen LogP contribution in [0.5, 0.6) is 11.5 Å². The van der Waals surface area contributed by atoms with E-state index in [9.17, 15) is 4.79 Å². The number of aliphatic hydroxyl groups excluding tert-OH is 1. The zero-order chi connectivity index (χ0) is 20.5. The lowest BCUT2D eigenvalue weighted by molar-refractivity contribution is 0.277. The molecule has 1 heterocycles. The lowest BCUT2D eigenvalue weighted by Gasteiger charge is -2.13. The zero-order valence-corrected chi connectivity index (χ0v) is 17.0. The van der Waals surface area contributed by atoms with E-state index < -0.39 is 0 Å². The summed E-state index contributed by atoms with van der Waals surface area (Å²) < 4.78 is 11.3. The number of halogens is 1. The maximum absolute atomic E-state index is 12.0. The van der Waals surface area contributed by atoms with Gasteiger partial charge in [-0.25, -0.2) is 10.4 Å². The molecule has 1 aromatic heterocycles. The first-order chi connectivity index (χ1) is 13.5. The maximum atomic E-state index is 12.0. The Labute approximate surface area is 168 Å². The van der Waals surface area contributed by atoms with Crippen LogP contribution in [0.1, 0.15) is 37.1 Å². The minimum Gasteiger partial charge on any atom is -0.490 e. The highest BCUT2D eigenvalue weighted by Crippen LogP contribution is 2.36. The van der Waals surface area contributed by atoms with Gasteiger partial charge < -0.3 is 14.6 Å². The number of hydrogen-bond donors (Lipinski definition) is 3. The van der Waals surface area contributed by atoms with Crippen LogP contribution < -0.4 is 20.5 Å². The first kappa shape index (κ1) is 21.7. The van der Waals surface area contributed by atoms with Gasteiger partial charge >= 0.3 is 0 Å². The van der Waals surface area contributed by atoms with E-state index in [1.54, 1.807) is 19.1 Å². The van der Waals surface area contributed by atoms with Crippen LogP contribution in [-0.2, 0) is 6.42 Å². The van der Waals surface area contributed by atoms with Gasteiger partial charge in [-0.1, -0.05) is 18.5 Å². The highest BCUT2D eigenvalue weighted by molar-refractivity contribution is 6.32. The van der Waals surface area contributed by atoms with Crippen molar-refractivity contribution in [3.05, 3.63) is 44.3 Å². The third-order valence-corrected chi connectivity index (χ3v) is 4.03. The minimum atomic E-state index is -0.307. The van der Waals surface area contributed by atoms with Gasteiger partial charge in [0.25, 0.3) is 5.56 Å². The van der Waals surface area contributed by atoms with Crippen molar-refractivity contribution >= 4 is 23.8 Å². The summed E-state index contributed by atoms with van der Waals surface area (Å²) in [5, 5.41) is 13.5. The van der Waals surface area contributed by atoms with Crippen molar-refractivity contribution in [3.8, 4) is 11.5 Å². The Bertz CT molecular complexity index is 883. The molecular formula is C19H25ClN4O4. The Morgan fingerprint density at radius 2 is 2.14 bits per heavy atom. The molecule has 2 aromatic rings. The highest BCUT2D eigenvalue weighted by Gasteiger charge is 2.12. The molecule has 0 unspecified atom stereocenters. The molecule has 0 spiro atoms. The van der Waals surface area contributed by atoms with E-state index in [0.717, 1.165) is 6.42 Å². The van der Waals surface area contributed by atoms with Crippen LogP contribution in [-0.4, -0.2) is 41.1 Å². The van der Waals surface area contributed by atoms with Crippen LogP contribution in [0.25, 0.3) is 0 Å². The predicted octanol–water partition coefficient (Wildman–Crippen LogP) is 2.90. The van der Waals surface area contributed by atoms with Gasteiger partial charge in [0, 0.05) is 18.6 Å². The molecule has 152 valence electrons. The molecule has 0 aliphatic heterocycles. The smallest absolute Gasteiger partial charge is 0.255 e. The van der Waals surface area contributed by atoms with E-state index in [1.165, 1.54) is 6.21 Å². The summed E-state index contributed by atoms with van der Waals surface area (Å²) in [6, 6.07) is 3.49. The van der Waals surface area contributed by atoms with Crippen molar-refractivity contribution in [1.82, 2.24) is 9.97 Å². The quantitative estimate of drug-likeness (QED) is 0.412. The fourth-order valence-electron chi connectivity index (χ4n) is 2.51. The first-order valence-corrected chi connectivity index (χ1v) is 9.46. The van der Waals surface area contributed by atoms with Crippen LogP contribution in [0.15, 0.2) is 22.0 Å². The summed E-state index contributed by atoms with van der Waals surface area (Å²) in [6.07, 6.45) is 2.65. The number of hydrogen-bond acceptors (Lipinski definition) is 7. The molecule has 0 saturated heterocycles. The number of aromatic amines is 1. The average molecular weight is 409 g/mol. The SMILES string of the molecule is CCCOc1c(Cl)cc(/C=N\Nc2nc(C)c(CCO)c(=O)[nH]2)cc1OCC. The largest absolute Gasteiger partial charge is 0.490 e. The van der Waals surface area contributed by atoms with Crippen molar-refractivity contribution in [2.75, 3.05) is 25.2 Å². The summed E-state index contributed by atoms with van der Waals surface area (Å²) in [4.78, 5) is 18.8. The summed E-state index contributed by atoms with van der Waals surface area (Å²) in [5.41, 5.74) is 4.07. The summed E-state index contributed by atoms with van der Waals surface area (Å²) in [6.45, 7) is 6.50. The van der Waals surface area contributed by atoms with Crippen molar-refractivity contribution in [1.29, 1.82) is 0 Å². The Morgan fingerprint density at radius 3 is 2.79 bits per heavy atom. The van der Waals surface area contributed by atoms with E-state index in [4.69, 9.17) is 26.2 Å². The molecule has 0 bridgehead atoms. The fourth-order valence-corrected chi connectivity index (χ4v) is 2.78. The van der Waals surface area contributed by atoms with Crippen molar-refractivity contribution in [3.63, 3.8) is 0 Å². The number of aliphatic hydroxyl groups is 1. The van der Waals surface area contributed by atoms with Crippen LogP contribution in [0.4, 0.5) is 5.95 Å². The van der Waals surface area contributed by atoms with E-state index in [2.05, 4.69) is 20.5 Å². The molecule has 1 aromatic carbocycles. The number of benzene rings is 1. The molecule has 0 aliphatic carbocycles. The number of anilines is 1.